The molecule has 0 unspecified atom stereocenters. The highest BCUT2D eigenvalue weighted by Gasteiger charge is 2.14. The Labute approximate surface area is 192 Å². The number of para-hydroxylation sites is 1. The van der Waals surface area contributed by atoms with Gasteiger partial charge in [-0.2, -0.15) is 5.10 Å². The van der Waals surface area contributed by atoms with Crippen molar-refractivity contribution in [1.82, 2.24) is 15.6 Å². The first-order valence-corrected chi connectivity index (χ1v) is 11.1. The Kier molecular flexibility index (Phi) is 7.99. The third-order valence-corrected chi connectivity index (χ3v) is 6.22. The molecule has 0 spiro atoms. The number of thioether (sulfide) groups is 1. The Morgan fingerprint density at radius 3 is 2.74 bits per heavy atom. The molecule has 0 bridgehead atoms. The molecule has 0 aliphatic rings. The van der Waals surface area contributed by atoms with E-state index in [1.165, 1.54) is 17.6 Å². The maximum Gasteiger partial charge on any atom is 0.329 e. The zero-order chi connectivity index (χ0) is 22.2. The number of carbonyl (C=O) groups excluding carboxylic acids is 2. The highest BCUT2D eigenvalue weighted by Crippen LogP contribution is 2.30. The van der Waals surface area contributed by atoms with E-state index < -0.39 is 11.8 Å². The van der Waals surface area contributed by atoms with Crippen molar-refractivity contribution in [2.75, 3.05) is 12.4 Å². The summed E-state index contributed by atoms with van der Waals surface area (Å²) in [6.45, 7) is 1.91. The summed E-state index contributed by atoms with van der Waals surface area (Å²) >= 11 is 9.05. The normalized spacial score (nSPS) is 10.8. The van der Waals surface area contributed by atoms with Crippen molar-refractivity contribution in [3.63, 3.8) is 0 Å². The highest BCUT2D eigenvalue weighted by molar-refractivity contribution is 8.00. The highest BCUT2D eigenvalue weighted by atomic mass is 35.5. The molecule has 2 aromatic carbocycles. The molecule has 0 atom stereocenters. The smallest absolute Gasteiger partial charge is 0.329 e. The Morgan fingerprint density at radius 1 is 1.23 bits per heavy atom. The molecule has 1 heterocycles. The summed E-state index contributed by atoms with van der Waals surface area (Å²) in [6.07, 6.45) is 1.45. The first kappa shape index (κ1) is 22.7. The van der Waals surface area contributed by atoms with E-state index in [0.29, 0.717) is 16.5 Å². The molecule has 0 radical (unpaired) electrons. The van der Waals surface area contributed by atoms with E-state index in [2.05, 4.69) is 26.0 Å². The molecule has 0 fully saturated rings. The number of aromatic nitrogens is 2. The van der Waals surface area contributed by atoms with Gasteiger partial charge in [-0.1, -0.05) is 46.8 Å². The summed E-state index contributed by atoms with van der Waals surface area (Å²) in [5.41, 5.74) is 4.22. The lowest BCUT2D eigenvalue weighted by Crippen LogP contribution is -2.32. The molecule has 0 saturated carbocycles. The predicted octanol–water partition coefficient (Wildman–Crippen LogP) is 3.89. The average molecular weight is 476 g/mol. The van der Waals surface area contributed by atoms with Gasteiger partial charge in [0.25, 0.3) is 0 Å². The number of amides is 2. The van der Waals surface area contributed by atoms with Gasteiger partial charge in [0.2, 0.25) is 0 Å². The van der Waals surface area contributed by atoms with Gasteiger partial charge in [-0.3, -0.25) is 9.59 Å². The number of hydrogen-bond acceptors (Lipinski definition) is 8. The van der Waals surface area contributed by atoms with Crippen molar-refractivity contribution in [1.29, 1.82) is 0 Å². The summed E-state index contributed by atoms with van der Waals surface area (Å²) in [4.78, 5) is 23.9. The topological polar surface area (TPSA) is 106 Å². The Bertz CT molecular complexity index is 1120. The van der Waals surface area contributed by atoms with Gasteiger partial charge in [-0.15, -0.1) is 10.2 Å². The van der Waals surface area contributed by atoms with Gasteiger partial charge >= 0.3 is 11.8 Å². The van der Waals surface area contributed by atoms with Gasteiger partial charge in [-0.05, 0) is 42.8 Å². The van der Waals surface area contributed by atoms with E-state index in [9.17, 15) is 9.59 Å². The predicted molar refractivity (Wildman–Crippen MR) is 123 cm³/mol. The lowest BCUT2D eigenvalue weighted by molar-refractivity contribution is -0.136. The number of hydrazone groups is 1. The van der Waals surface area contributed by atoms with Crippen LogP contribution in [0.1, 0.15) is 16.1 Å². The molecular weight excluding hydrogens is 458 g/mol. The molecule has 8 nitrogen and oxygen atoms in total. The largest absolute Gasteiger partial charge is 0.496 e. The number of aryl methyl sites for hydroxylation is 1. The van der Waals surface area contributed by atoms with E-state index in [0.717, 1.165) is 26.2 Å². The quantitative estimate of drug-likeness (QED) is 0.232. The van der Waals surface area contributed by atoms with E-state index in [-0.39, 0.29) is 0 Å². The minimum atomic E-state index is -0.910. The number of methoxy groups -OCH3 is 1. The average Bonchev–Trinajstić information content (AvgIpc) is 3.19. The van der Waals surface area contributed by atoms with Crippen LogP contribution in [-0.2, 0) is 15.3 Å². The van der Waals surface area contributed by atoms with Crippen LogP contribution in [0.25, 0.3) is 0 Å². The molecule has 1 aromatic heterocycles. The second-order valence-electron chi connectivity index (χ2n) is 6.08. The summed E-state index contributed by atoms with van der Waals surface area (Å²) in [7, 11) is 1.60. The molecule has 2 N–H and O–H groups in total. The maximum absolute atomic E-state index is 12.0. The minimum absolute atomic E-state index is 0.333. The second-order valence-corrected chi connectivity index (χ2v) is 8.89. The Morgan fingerprint density at radius 2 is 2.03 bits per heavy atom. The summed E-state index contributed by atoms with van der Waals surface area (Å²) in [5.74, 6) is -0.419. The monoisotopic (exact) mass is 475 g/mol. The number of carbonyl (C=O) groups is 2. The molecule has 3 rings (SSSR count). The zero-order valence-electron chi connectivity index (χ0n) is 16.6. The van der Waals surface area contributed by atoms with Gasteiger partial charge < -0.3 is 10.1 Å². The first-order chi connectivity index (χ1) is 15.0. The van der Waals surface area contributed by atoms with E-state index in [1.54, 1.807) is 49.2 Å². The standard InChI is InChI=1S/C20H18ClN5O3S2/c1-12-24-26-20(31-12)30-11-14-9-13(7-8-17(14)29-2)10-22-25-19(28)18(27)23-16-6-4-3-5-15(16)21/h3-10H,11H2,1-2H3,(H,23,27)(H,25,28). The number of rotatable bonds is 7. The van der Waals surface area contributed by atoms with Gasteiger partial charge in [0.1, 0.15) is 10.8 Å². The molecule has 11 heteroatoms. The third kappa shape index (κ3) is 6.51. The van der Waals surface area contributed by atoms with Crippen LogP contribution >= 0.6 is 34.7 Å². The van der Waals surface area contributed by atoms with Crippen LogP contribution in [-0.4, -0.2) is 35.3 Å². The first-order valence-electron chi connectivity index (χ1n) is 8.95. The van der Waals surface area contributed by atoms with Crippen LogP contribution in [0.2, 0.25) is 5.02 Å². The van der Waals surface area contributed by atoms with Crippen LogP contribution < -0.4 is 15.5 Å². The SMILES string of the molecule is COc1ccc(C=NNC(=O)C(=O)Nc2ccccc2Cl)cc1CSc1nnc(C)s1. The number of anilines is 1. The minimum Gasteiger partial charge on any atom is -0.496 e. The Hall–Kier alpha value is -2.95. The van der Waals surface area contributed by atoms with E-state index >= 15 is 0 Å². The van der Waals surface area contributed by atoms with Crippen LogP contribution in [0.4, 0.5) is 5.69 Å². The molecule has 160 valence electrons. The number of nitrogens with zero attached hydrogens (tertiary/aromatic N) is 3. The van der Waals surface area contributed by atoms with Crippen LogP contribution in [0.15, 0.2) is 51.9 Å². The van der Waals surface area contributed by atoms with Gasteiger partial charge in [0, 0.05) is 11.3 Å². The van der Waals surface area contributed by atoms with Crippen LogP contribution in [0.3, 0.4) is 0 Å². The van der Waals surface area contributed by atoms with Gasteiger partial charge in [-0.25, -0.2) is 5.43 Å². The van der Waals surface area contributed by atoms with Crippen molar-refractivity contribution >= 4 is 58.4 Å². The fourth-order valence-corrected chi connectivity index (χ4v) is 4.40. The summed E-state index contributed by atoms with van der Waals surface area (Å²) < 4.78 is 6.28. The maximum atomic E-state index is 12.0. The van der Waals surface area contributed by atoms with Gasteiger partial charge in [0.05, 0.1) is 24.0 Å². The van der Waals surface area contributed by atoms with E-state index in [1.807, 2.05) is 19.1 Å². The number of ether oxygens (including phenoxy) is 1. The van der Waals surface area contributed by atoms with E-state index in [4.69, 9.17) is 16.3 Å². The molecular formula is C20H18ClN5O3S2. The molecule has 2 amide bonds. The zero-order valence-corrected chi connectivity index (χ0v) is 19.0. The number of benzene rings is 2. The van der Waals surface area contributed by atoms with Crippen molar-refractivity contribution in [2.45, 2.75) is 17.0 Å². The second kappa shape index (κ2) is 10.9. The molecule has 3 aromatic rings. The van der Waals surface area contributed by atoms with Crippen molar-refractivity contribution < 1.29 is 14.3 Å². The van der Waals surface area contributed by atoms with Crippen molar-refractivity contribution in [2.24, 2.45) is 5.10 Å². The summed E-state index contributed by atoms with van der Waals surface area (Å²) in [5, 5.41) is 15.6. The molecule has 31 heavy (non-hydrogen) atoms. The molecule has 0 aliphatic heterocycles. The van der Waals surface area contributed by atoms with Crippen LogP contribution in [0, 0.1) is 6.92 Å². The number of hydrogen-bond donors (Lipinski definition) is 2. The van der Waals surface area contributed by atoms with Crippen LogP contribution in [0.5, 0.6) is 5.75 Å². The lowest BCUT2D eigenvalue weighted by atomic mass is 10.1. The van der Waals surface area contributed by atoms with Crippen molar-refractivity contribution in [3.8, 4) is 5.75 Å². The van der Waals surface area contributed by atoms with Crippen molar-refractivity contribution in [3.05, 3.63) is 63.6 Å². The number of halogens is 1. The fraction of sp³-hybridized carbons (Fsp3) is 0.150. The third-order valence-electron chi connectivity index (χ3n) is 3.87. The fourth-order valence-electron chi connectivity index (χ4n) is 2.43. The summed E-state index contributed by atoms with van der Waals surface area (Å²) in [6, 6.07) is 12.1. The number of nitrogens with one attached hydrogen (secondary N) is 2. The lowest BCUT2D eigenvalue weighted by Gasteiger charge is -2.08. The molecule has 0 saturated heterocycles. The van der Waals surface area contributed by atoms with Gasteiger partial charge in [0.15, 0.2) is 4.34 Å². The Balaban J connectivity index is 1.60. The molecule has 0 aliphatic carbocycles.